The molecule has 3 atom stereocenters. The van der Waals surface area contributed by atoms with E-state index in [4.69, 9.17) is 14.8 Å². The minimum Gasteiger partial charge on any atom is -0.387 e. The average Bonchev–Trinajstić information content (AvgIpc) is 3.13. The summed E-state index contributed by atoms with van der Waals surface area (Å²) in [5.41, 5.74) is 5.37. The molecule has 52 heavy (non-hydrogen) atoms. The lowest BCUT2D eigenvalue weighted by atomic mass is 10.0. The summed E-state index contributed by atoms with van der Waals surface area (Å²) in [6.07, 6.45) is 46.1. The number of rotatable bonds is 40. The summed E-state index contributed by atoms with van der Waals surface area (Å²) in [5, 5.41) is 13.7. The van der Waals surface area contributed by atoms with Crippen LogP contribution < -0.4 is 11.1 Å². The molecular formula is C43H83N2O6P. The van der Waals surface area contributed by atoms with E-state index in [1.54, 1.807) is 6.08 Å². The molecule has 0 heterocycles. The van der Waals surface area contributed by atoms with Crippen molar-refractivity contribution < 1.29 is 28.4 Å². The number of hydrogen-bond donors (Lipinski definition) is 4. The minimum atomic E-state index is -4.34. The Morgan fingerprint density at radius 1 is 0.635 bits per heavy atom. The Balaban J connectivity index is 4.24. The maximum absolute atomic E-state index is 12.7. The molecule has 0 aliphatic carbocycles. The van der Waals surface area contributed by atoms with Crippen LogP contribution in [-0.2, 0) is 18.4 Å². The highest BCUT2D eigenvalue weighted by Gasteiger charge is 2.26. The second-order valence-corrected chi connectivity index (χ2v) is 16.0. The summed E-state index contributed by atoms with van der Waals surface area (Å²) >= 11 is 0. The van der Waals surface area contributed by atoms with Gasteiger partial charge in [0.2, 0.25) is 5.91 Å². The quantitative estimate of drug-likeness (QED) is 0.0278. The van der Waals surface area contributed by atoms with E-state index < -0.39 is 20.0 Å². The van der Waals surface area contributed by atoms with E-state index in [0.717, 1.165) is 51.4 Å². The number of hydrogen-bond acceptors (Lipinski definition) is 6. The SMILES string of the molecule is CCCCCC/C=C\C/C=C\CCCCCCCCCC(=O)NC(COP(=O)(O)OCCN)C(O)/C=C/CCCCCCCCCCCCCCC. The predicted molar refractivity (Wildman–Crippen MR) is 221 cm³/mol. The van der Waals surface area contributed by atoms with Crippen LogP contribution in [-0.4, -0.2) is 47.8 Å². The standard InChI is InChI=1S/C43H83N2O6P/c1-3-5-7-9-11-13-15-17-19-20-21-23-25-27-29-31-33-35-37-43(47)45-41(40-51-52(48,49)50-39-38-44)42(46)36-34-32-30-28-26-24-22-18-16-14-12-10-8-6-4-2/h13,15,19-20,34,36,41-42,46H,3-12,14,16-18,21-33,35,37-40,44H2,1-2H3,(H,45,47)(H,48,49)/b15-13-,20-19-,36-34+. The van der Waals surface area contributed by atoms with Gasteiger partial charge in [-0.25, -0.2) is 4.57 Å². The number of carbonyl (C=O) groups excluding carboxylic acids is 1. The highest BCUT2D eigenvalue weighted by Crippen LogP contribution is 2.43. The molecule has 5 N–H and O–H groups in total. The largest absolute Gasteiger partial charge is 0.472 e. The fourth-order valence-electron chi connectivity index (χ4n) is 6.16. The van der Waals surface area contributed by atoms with Crippen LogP contribution in [0.3, 0.4) is 0 Å². The zero-order valence-corrected chi connectivity index (χ0v) is 34.7. The number of allylic oxidation sites excluding steroid dienone is 5. The average molecular weight is 755 g/mol. The number of nitrogens with one attached hydrogen (secondary N) is 1. The lowest BCUT2D eigenvalue weighted by Gasteiger charge is -2.23. The molecule has 0 fully saturated rings. The van der Waals surface area contributed by atoms with E-state index in [-0.39, 0.29) is 25.7 Å². The Morgan fingerprint density at radius 2 is 1.06 bits per heavy atom. The first-order chi connectivity index (χ1) is 25.4. The number of aliphatic hydroxyl groups is 1. The molecule has 9 heteroatoms. The van der Waals surface area contributed by atoms with Crippen molar-refractivity contribution in [3.05, 3.63) is 36.5 Å². The highest BCUT2D eigenvalue weighted by atomic mass is 31.2. The topological polar surface area (TPSA) is 131 Å². The Hall–Kier alpha value is -1.28. The summed E-state index contributed by atoms with van der Waals surface area (Å²) < 4.78 is 22.1. The van der Waals surface area contributed by atoms with Gasteiger partial charge >= 0.3 is 7.82 Å². The number of phosphoric acid groups is 1. The molecule has 0 aliphatic rings. The van der Waals surface area contributed by atoms with Crippen LogP contribution in [0.2, 0.25) is 0 Å². The van der Waals surface area contributed by atoms with Gasteiger partial charge in [0.05, 0.1) is 25.4 Å². The van der Waals surface area contributed by atoms with Crippen molar-refractivity contribution >= 4 is 13.7 Å². The van der Waals surface area contributed by atoms with Crippen molar-refractivity contribution in [3.63, 3.8) is 0 Å². The van der Waals surface area contributed by atoms with Crippen molar-refractivity contribution in [1.29, 1.82) is 0 Å². The lowest BCUT2D eigenvalue weighted by Crippen LogP contribution is -2.45. The van der Waals surface area contributed by atoms with Crippen molar-refractivity contribution in [2.24, 2.45) is 5.73 Å². The third-order valence-corrected chi connectivity index (χ3v) is 10.4. The summed E-state index contributed by atoms with van der Waals surface area (Å²) in [6.45, 7) is 4.11. The number of phosphoric ester groups is 1. The maximum Gasteiger partial charge on any atom is 0.472 e. The van der Waals surface area contributed by atoms with E-state index in [2.05, 4.69) is 43.5 Å². The molecule has 0 rings (SSSR count). The number of aliphatic hydroxyl groups excluding tert-OH is 1. The molecule has 0 aromatic heterocycles. The normalized spacial score (nSPS) is 14.5. The first kappa shape index (κ1) is 50.7. The summed E-state index contributed by atoms with van der Waals surface area (Å²) in [6, 6.07) is -0.863. The van der Waals surface area contributed by atoms with Gasteiger partial charge in [0.1, 0.15) is 0 Å². The molecule has 0 aliphatic heterocycles. The number of nitrogens with two attached hydrogens (primary N) is 1. The number of amides is 1. The van der Waals surface area contributed by atoms with Gasteiger partial charge in [0.15, 0.2) is 0 Å². The Morgan fingerprint density at radius 3 is 1.54 bits per heavy atom. The van der Waals surface area contributed by atoms with E-state index in [0.29, 0.717) is 6.42 Å². The van der Waals surface area contributed by atoms with Crippen molar-refractivity contribution in [2.45, 2.75) is 212 Å². The zero-order valence-electron chi connectivity index (χ0n) is 33.8. The first-order valence-electron chi connectivity index (χ1n) is 21.6. The lowest BCUT2D eigenvalue weighted by molar-refractivity contribution is -0.123. The van der Waals surface area contributed by atoms with Crippen LogP contribution in [0, 0.1) is 0 Å². The fourth-order valence-corrected chi connectivity index (χ4v) is 6.92. The molecule has 8 nitrogen and oxygen atoms in total. The van der Waals surface area contributed by atoms with Gasteiger partial charge in [0, 0.05) is 13.0 Å². The molecule has 0 radical (unpaired) electrons. The predicted octanol–water partition coefficient (Wildman–Crippen LogP) is 11.9. The number of unbranched alkanes of at least 4 members (excludes halogenated alkanes) is 24. The second-order valence-electron chi connectivity index (χ2n) is 14.6. The van der Waals surface area contributed by atoms with E-state index in [1.807, 2.05) is 6.08 Å². The summed E-state index contributed by atoms with van der Waals surface area (Å²) in [4.78, 5) is 22.7. The van der Waals surface area contributed by atoms with Gasteiger partial charge < -0.3 is 21.1 Å². The summed E-state index contributed by atoms with van der Waals surface area (Å²) in [5.74, 6) is -0.202. The highest BCUT2D eigenvalue weighted by molar-refractivity contribution is 7.47. The van der Waals surface area contributed by atoms with Gasteiger partial charge in [0.25, 0.3) is 0 Å². The van der Waals surface area contributed by atoms with Crippen LogP contribution >= 0.6 is 7.82 Å². The Labute approximate surface area is 320 Å². The molecule has 0 aromatic carbocycles. The monoisotopic (exact) mass is 755 g/mol. The third kappa shape index (κ3) is 37.1. The molecule has 0 saturated carbocycles. The van der Waals surface area contributed by atoms with E-state index >= 15 is 0 Å². The molecule has 306 valence electrons. The smallest absolute Gasteiger partial charge is 0.387 e. The van der Waals surface area contributed by atoms with Crippen molar-refractivity contribution in [1.82, 2.24) is 5.32 Å². The molecule has 0 aromatic rings. The Bertz CT molecular complexity index is 912. The molecule has 0 spiro atoms. The molecule has 0 bridgehead atoms. The van der Waals surface area contributed by atoms with Gasteiger partial charge in [-0.1, -0.05) is 179 Å². The van der Waals surface area contributed by atoms with Gasteiger partial charge in [-0.3, -0.25) is 13.8 Å². The minimum absolute atomic E-state index is 0.0768. The van der Waals surface area contributed by atoms with E-state index in [1.165, 1.54) is 128 Å². The van der Waals surface area contributed by atoms with Crippen LogP contribution in [0.1, 0.15) is 200 Å². The van der Waals surface area contributed by atoms with Crippen LogP contribution in [0.15, 0.2) is 36.5 Å². The van der Waals surface area contributed by atoms with Crippen LogP contribution in [0.5, 0.6) is 0 Å². The van der Waals surface area contributed by atoms with Gasteiger partial charge in [-0.2, -0.15) is 0 Å². The van der Waals surface area contributed by atoms with Crippen LogP contribution in [0.4, 0.5) is 0 Å². The van der Waals surface area contributed by atoms with Gasteiger partial charge in [-0.15, -0.1) is 0 Å². The molecule has 3 unspecified atom stereocenters. The maximum atomic E-state index is 12.7. The Kier molecular flexibility index (Phi) is 38.4. The molecular weight excluding hydrogens is 671 g/mol. The van der Waals surface area contributed by atoms with Gasteiger partial charge in [-0.05, 0) is 51.4 Å². The summed E-state index contributed by atoms with van der Waals surface area (Å²) in [7, 11) is -4.34. The van der Waals surface area contributed by atoms with Crippen molar-refractivity contribution in [2.75, 3.05) is 19.8 Å². The van der Waals surface area contributed by atoms with E-state index in [9.17, 15) is 19.4 Å². The fraction of sp³-hybridized carbons (Fsp3) is 0.837. The second kappa shape index (κ2) is 39.4. The third-order valence-electron chi connectivity index (χ3n) is 9.46. The zero-order chi connectivity index (χ0) is 38.2. The molecule has 1 amide bonds. The number of carbonyl (C=O) groups is 1. The van der Waals surface area contributed by atoms with Crippen LogP contribution in [0.25, 0.3) is 0 Å². The molecule has 0 saturated heterocycles. The first-order valence-corrected chi connectivity index (χ1v) is 23.1. The van der Waals surface area contributed by atoms with Crippen molar-refractivity contribution in [3.8, 4) is 0 Å².